The topological polar surface area (TPSA) is 23.6 Å². The molecule has 0 radical (unpaired) electrons. The molecule has 43 heavy (non-hydrogen) atoms. The second-order valence-electron chi connectivity index (χ2n) is 11.7. The van der Waals surface area contributed by atoms with Crippen molar-refractivity contribution < 1.29 is 4.79 Å². The minimum atomic E-state index is -1.00. The quantitative estimate of drug-likeness (QED) is 0.209. The molecular weight excluding hydrogens is 548 g/mol. The average molecular weight is 579 g/mol. The second-order valence-corrected chi connectivity index (χ2v) is 12.1. The summed E-state index contributed by atoms with van der Waals surface area (Å²) in [6.45, 7) is 0.849. The molecule has 0 N–H and O–H groups in total. The summed E-state index contributed by atoms with van der Waals surface area (Å²) in [5.74, 6) is -0.191. The van der Waals surface area contributed by atoms with Crippen LogP contribution < -0.4 is 0 Å². The van der Waals surface area contributed by atoms with Crippen LogP contribution in [0.2, 0.25) is 5.02 Å². The lowest BCUT2D eigenvalue weighted by atomic mass is 9.67. The lowest BCUT2D eigenvalue weighted by molar-refractivity contribution is -0.165. The van der Waals surface area contributed by atoms with Gasteiger partial charge in [-0.05, 0) is 57.5 Å². The molecule has 0 aromatic heterocycles. The third kappa shape index (κ3) is 3.93. The van der Waals surface area contributed by atoms with E-state index < -0.39 is 11.5 Å². The summed E-state index contributed by atoms with van der Waals surface area (Å²) in [5, 5.41) is 5.67. The summed E-state index contributed by atoms with van der Waals surface area (Å²) in [4.78, 5) is 15.9. The molecule has 3 aliphatic rings. The fraction of sp³-hybridized carbons (Fsp3) is 0.154. The van der Waals surface area contributed by atoms with Gasteiger partial charge in [-0.15, -0.1) is 0 Å². The van der Waals surface area contributed by atoms with Crippen LogP contribution in [-0.4, -0.2) is 28.4 Å². The van der Waals surface area contributed by atoms with Gasteiger partial charge in [0.1, 0.15) is 5.54 Å². The van der Waals surface area contributed by atoms with Crippen LogP contribution in [0, 0.1) is 0 Å². The summed E-state index contributed by atoms with van der Waals surface area (Å²) in [5.41, 5.74) is 6.75. The van der Waals surface area contributed by atoms with Gasteiger partial charge in [-0.1, -0.05) is 145 Å². The van der Waals surface area contributed by atoms with Crippen LogP contribution in [0.1, 0.15) is 46.2 Å². The Kier molecular flexibility index (Phi) is 6.41. The monoisotopic (exact) mass is 578 g/mol. The Balaban J connectivity index is 1.48. The first kappa shape index (κ1) is 26.4. The highest BCUT2D eigenvalue weighted by Gasteiger charge is 2.68. The number of hydrogen-bond acceptors (Lipinski definition) is 3. The van der Waals surface area contributed by atoms with Crippen molar-refractivity contribution in [2.24, 2.45) is 0 Å². The number of carbonyl (C=O) groups excluding carboxylic acids is 1. The average Bonchev–Trinajstić information content (AvgIpc) is 3.64. The third-order valence-corrected chi connectivity index (χ3v) is 9.75. The molecule has 4 atom stereocenters. The first-order chi connectivity index (χ1) is 21.2. The van der Waals surface area contributed by atoms with Gasteiger partial charge in [0, 0.05) is 11.6 Å². The number of hydrazine groups is 1. The van der Waals surface area contributed by atoms with Gasteiger partial charge in [0.05, 0.1) is 18.0 Å². The van der Waals surface area contributed by atoms with Crippen molar-refractivity contribution in [1.82, 2.24) is 10.0 Å². The highest BCUT2D eigenvalue weighted by molar-refractivity contribution is 6.30. The van der Waals surface area contributed by atoms with E-state index >= 15 is 4.79 Å². The number of benzene rings is 5. The van der Waals surface area contributed by atoms with Crippen molar-refractivity contribution in [1.29, 1.82) is 0 Å². The van der Waals surface area contributed by atoms with Crippen LogP contribution in [0.25, 0.3) is 11.1 Å². The standard InChI is InChI=1S/C39H31ClN2O/c40-32-23-21-30(22-24-32)37-35(28-15-7-2-8-16-28)38(43)39(31-19-11-4-12-20-31)36(29-17-9-3-10-18-29)34(27-13-5-1-6-14-27)33-25-26-41(37)42(33)39/h1-24,33,35,37H,25-26H2/t33-,35-,37-,39-/m0/s1. The number of halogens is 1. The van der Waals surface area contributed by atoms with E-state index in [0.717, 1.165) is 40.8 Å². The predicted molar refractivity (Wildman–Crippen MR) is 173 cm³/mol. The van der Waals surface area contributed by atoms with Crippen LogP contribution in [0.5, 0.6) is 0 Å². The van der Waals surface area contributed by atoms with Crippen molar-refractivity contribution in [2.75, 3.05) is 6.54 Å². The number of Topliss-reactive ketones (excluding diaryl/α,β-unsaturated/α-hetero) is 1. The fourth-order valence-corrected chi connectivity index (χ4v) is 8.05. The molecule has 0 amide bonds. The first-order valence-corrected chi connectivity index (χ1v) is 15.4. The maximum absolute atomic E-state index is 15.9. The highest BCUT2D eigenvalue weighted by Crippen LogP contribution is 2.64. The van der Waals surface area contributed by atoms with Gasteiger partial charge >= 0.3 is 0 Å². The van der Waals surface area contributed by atoms with E-state index in [2.05, 4.69) is 119 Å². The zero-order valence-corrected chi connectivity index (χ0v) is 24.4. The molecule has 0 aliphatic carbocycles. The minimum Gasteiger partial charge on any atom is -0.296 e. The molecule has 3 aliphatic heterocycles. The third-order valence-electron chi connectivity index (χ3n) is 9.50. The molecule has 0 spiro atoms. The Labute approximate surface area is 257 Å². The largest absolute Gasteiger partial charge is 0.296 e. The van der Waals surface area contributed by atoms with Crippen LogP contribution >= 0.6 is 11.6 Å². The highest BCUT2D eigenvalue weighted by atomic mass is 35.5. The molecule has 210 valence electrons. The summed E-state index contributed by atoms with van der Waals surface area (Å²) < 4.78 is 0. The molecule has 2 fully saturated rings. The lowest BCUT2D eigenvalue weighted by Crippen LogP contribution is -2.64. The van der Waals surface area contributed by atoms with E-state index in [1.54, 1.807) is 0 Å². The Morgan fingerprint density at radius 3 is 1.81 bits per heavy atom. The van der Waals surface area contributed by atoms with Crippen LogP contribution in [0.3, 0.4) is 0 Å². The smallest absolute Gasteiger partial charge is 0.172 e. The lowest BCUT2D eigenvalue weighted by Gasteiger charge is -2.54. The zero-order valence-electron chi connectivity index (χ0n) is 23.7. The molecule has 5 aromatic rings. The van der Waals surface area contributed by atoms with Crippen molar-refractivity contribution in [3.8, 4) is 0 Å². The van der Waals surface area contributed by atoms with Crippen molar-refractivity contribution in [3.63, 3.8) is 0 Å². The maximum Gasteiger partial charge on any atom is 0.172 e. The summed E-state index contributed by atoms with van der Waals surface area (Å²) in [7, 11) is 0. The number of nitrogens with zero attached hydrogens (tertiary/aromatic N) is 2. The molecule has 3 nitrogen and oxygen atoms in total. The molecule has 3 heterocycles. The molecule has 0 saturated carbocycles. The number of hydrogen-bond donors (Lipinski definition) is 0. The molecule has 4 heteroatoms. The van der Waals surface area contributed by atoms with Gasteiger partial charge in [0.15, 0.2) is 5.78 Å². The fourth-order valence-electron chi connectivity index (χ4n) is 7.92. The van der Waals surface area contributed by atoms with Gasteiger partial charge in [-0.3, -0.25) is 4.79 Å². The zero-order chi connectivity index (χ0) is 29.0. The van der Waals surface area contributed by atoms with E-state index in [4.69, 9.17) is 11.6 Å². The van der Waals surface area contributed by atoms with Gasteiger partial charge < -0.3 is 0 Å². The Bertz CT molecular complexity index is 1810. The van der Waals surface area contributed by atoms with Gasteiger partial charge in [-0.25, -0.2) is 10.0 Å². The van der Waals surface area contributed by atoms with Crippen molar-refractivity contribution in [2.45, 2.75) is 30.0 Å². The number of ketones is 1. The van der Waals surface area contributed by atoms with Gasteiger partial charge in [0.25, 0.3) is 0 Å². The van der Waals surface area contributed by atoms with Crippen molar-refractivity contribution >= 4 is 28.5 Å². The van der Waals surface area contributed by atoms with Crippen LogP contribution in [0.15, 0.2) is 146 Å². The van der Waals surface area contributed by atoms with E-state index in [-0.39, 0.29) is 17.9 Å². The van der Waals surface area contributed by atoms with Gasteiger partial charge in [-0.2, -0.15) is 0 Å². The van der Waals surface area contributed by atoms with E-state index in [0.29, 0.717) is 5.02 Å². The predicted octanol–water partition coefficient (Wildman–Crippen LogP) is 8.56. The minimum absolute atomic E-state index is 0.0493. The van der Waals surface area contributed by atoms with Gasteiger partial charge in [0.2, 0.25) is 0 Å². The van der Waals surface area contributed by atoms with E-state index in [1.165, 1.54) is 11.1 Å². The Hall–Kier alpha value is -4.28. The first-order valence-electron chi connectivity index (χ1n) is 15.0. The molecule has 5 aromatic carbocycles. The number of rotatable bonds is 5. The maximum atomic E-state index is 15.9. The molecule has 8 rings (SSSR count). The van der Waals surface area contributed by atoms with E-state index in [9.17, 15) is 0 Å². The summed E-state index contributed by atoms with van der Waals surface area (Å²) in [6.07, 6.45) is 0.925. The summed E-state index contributed by atoms with van der Waals surface area (Å²) >= 11 is 6.38. The summed E-state index contributed by atoms with van der Waals surface area (Å²) in [6, 6.07) is 50.0. The number of carbonyl (C=O) groups is 1. The SMILES string of the molecule is O=C1[C@@H](c2ccccc2)[C@H](c2ccc(Cl)cc2)N2CC[C@H]3C(c4ccccc4)=C(c4ccccc4)[C@]1(c1ccccc1)N32. The second kappa shape index (κ2) is 10.5. The van der Waals surface area contributed by atoms with Crippen molar-refractivity contribution in [3.05, 3.63) is 178 Å². The van der Waals surface area contributed by atoms with Crippen LogP contribution in [-0.2, 0) is 10.3 Å². The molecule has 2 saturated heterocycles. The van der Waals surface area contributed by atoms with E-state index in [1.807, 2.05) is 36.4 Å². The Morgan fingerprint density at radius 1 is 0.628 bits per heavy atom. The normalized spacial score (nSPS) is 25.2. The molecule has 0 unspecified atom stereocenters. The molecule has 0 bridgehead atoms. The molecular formula is C39H31ClN2O. The van der Waals surface area contributed by atoms with Crippen LogP contribution in [0.4, 0.5) is 0 Å². The Morgan fingerprint density at radius 2 is 1.19 bits per heavy atom.